The van der Waals surface area contributed by atoms with Crippen molar-refractivity contribution in [3.63, 3.8) is 0 Å². The van der Waals surface area contributed by atoms with Crippen molar-refractivity contribution in [1.82, 2.24) is 19.7 Å². The van der Waals surface area contributed by atoms with E-state index in [1.54, 1.807) is 24.4 Å². The molecule has 2 aromatic carbocycles. The summed E-state index contributed by atoms with van der Waals surface area (Å²) in [6, 6.07) is 14.9. The Morgan fingerprint density at radius 3 is 2.64 bits per heavy atom. The number of hydrogen-bond donors (Lipinski definition) is 1. The normalized spacial score (nSPS) is 11.0. The van der Waals surface area contributed by atoms with Crippen LogP contribution in [0.5, 0.6) is 5.75 Å². The number of pyridine rings is 1. The Labute approximate surface area is 157 Å². The number of benzene rings is 2. The van der Waals surface area contributed by atoms with Crippen LogP contribution in [0.4, 0.5) is 14.5 Å². The lowest BCUT2D eigenvalue weighted by molar-refractivity contribution is -0.0498. The van der Waals surface area contributed by atoms with Crippen molar-refractivity contribution in [3.05, 3.63) is 72.9 Å². The summed E-state index contributed by atoms with van der Waals surface area (Å²) in [5.74, 6) is -0.483. The van der Waals surface area contributed by atoms with Crippen LogP contribution in [-0.2, 0) is 0 Å². The predicted octanol–water partition coefficient (Wildman–Crippen LogP) is 3.67. The zero-order chi connectivity index (χ0) is 19.5. The van der Waals surface area contributed by atoms with Gasteiger partial charge in [-0.3, -0.25) is 9.78 Å². The van der Waals surface area contributed by atoms with E-state index < -0.39 is 12.5 Å². The molecule has 9 heteroatoms. The van der Waals surface area contributed by atoms with Crippen molar-refractivity contribution in [1.29, 1.82) is 0 Å². The van der Waals surface area contributed by atoms with Gasteiger partial charge in [0.2, 0.25) is 5.82 Å². The van der Waals surface area contributed by atoms with Gasteiger partial charge in [-0.05, 0) is 48.5 Å². The number of halogens is 2. The first-order chi connectivity index (χ1) is 13.6. The molecule has 0 aliphatic rings. The van der Waals surface area contributed by atoms with Gasteiger partial charge in [0.25, 0.3) is 5.91 Å². The molecule has 0 aliphatic heterocycles. The number of ether oxygens (including phenoxy) is 1. The monoisotopic (exact) mass is 381 g/mol. The minimum Gasteiger partial charge on any atom is -0.435 e. The van der Waals surface area contributed by atoms with E-state index in [-0.39, 0.29) is 11.6 Å². The first-order valence-electron chi connectivity index (χ1n) is 8.22. The minimum absolute atomic E-state index is 0.0291. The van der Waals surface area contributed by atoms with Gasteiger partial charge >= 0.3 is 6.61 Å². The number of aromatic nitrogens is 4. The third-order valence-corrected chi connectivity index (χ3v) is 3.92. The SMILES string of the molecule is O=C(Nc1cccc2ncccc12)c1ncn(-c2ccc(OC(F)F)cc2)n1. The molecular weight excluding hydrogens is 368 g/mol. The summed E-state index contributed by atoms with van der Waals surface area (Å²) in [6.07, 6.45) is 3.04. The molecule has 0 fully saturated rings. The topological polar surface area (TPSA) is 81.9 Å². The Bertz CT molecular complexity index is 1120. The number of carbonyl (C=O) groups excluding carboxylic acids is 1. The Hall–Kier alpha value is -3.88. The van der Waals surface area contributed by atoms with Crippen LogP contribution in [0.15, 0.2) is 67.1 Å². The first kappa shape index (κ1) is 17.5. The number of anilines is 1. The second-order valence-electron chi connectivity index (χ2n) is 5.71. The zero-order valence-corrected chi connectivity index (χ0v) is 14.3. The molecule has 0 radical (unpaired) electrons. The summed E-state index contributed by atoms with van der Waals surface area (Å²) in [6.45, 7) is -2.89. The van der Waals surface area contributed by atoms with Gasteiger partial charge in [-0.25, -0.2) is 9.67 Å². The molecule has 0 unspecified atom stereocenters. The smallest absolute Gasteiger partial charge is 0.387 e. The Morgan fingerprint density at radius 2 is 1.86 bits per heavy atom. The molecular formula is C19H13F2N5O2. The number of amides is 1. The lowest BCUT2D eigenvalue weighted by Gasteiger charge is -2.06. The van der Waals surface area contributed by atoms with Crippen LogP contribution in [-0.4, -0.2) is 32.3 Å². The molecule has 0 saturated carbocycles. The number of alkyl halides is 2. The highest BCUT2D eigenvalue weighted by molar-refractivity contribution is 6.06. The molecule has 28 heavy (non-hydrogen) atoms. The van der Waals surface area contributed by atoms with Crippen molar-refractivity contribution < 1.29 is 18.3 Å². The van der Waals surface area contributed by atoms with Gasteiger partial charge in [0.15, 0.2) is 0 Å². The maximum Gasteiger partial charge on any atom is 0.387 e. The van der Waals surface area contributed by atoms with Gasteiger partial charge in [-0.1, -0.05) is 6.07 Å². The largest absolute Gasteiger partial charge is 0.435 e. The average molecular weight is 381 g/mol. The highest BCUT2D eigenvalue weighted by Crippen LogP contribution is 2.22. The second kappa shape index (κ2) is 7.39. The molecule has 1 amide bonds. The van der Waals surface area contributed by atoms with Crippen molar-refractivity contribution >= 4 is 22.5 Å². The fourth-order valence-electron chi connectivity index (χ4n) is 2.66. The highest BCUT2D eigenvalue weighted by atomic mass is 19.3. The number of hydrogen-bond acceptors (Lipinski definition) is 5. The van der Waals surface area contributed by atoms with Crippen LogP contribution in [0.2, 0.25) is 0 Å². The molecule has 0 bridgehead atoms. The van der Waals surface area contributed by atoms with Gasteiger partial charge in [0.1, 0.15) is 12.1 Å². The van der Waals surface area contributed by atoms with Crippen molar-refractivity contribution in [3.8, 4) is 11.4 Å². The summed E-state index contributed by atoms with van der Waals surface area (Å²) < 4.78 is 30.1. The standard InChI is InChI=1S/C19H13F2N5O2/c20-19(21)28-13-8-6-12(7-9-13)26-11-23-17(25-26)18(27)24-16-5-1-4-15-14(16)3-2-10-22-15/h1-11,19H,(H,24,27). The van der Waals surface area contributed by atoms with Gasteiger partial charge in [0.05, 0.1) is 16.9 Å². The van der Waals surface area contributed by atoms with Crippen LogP contribution in [0.1, 0.15) is 10.6 Å². The van der Waals surface area contributed by atoms with Gasteiger partial charge in [0, 0.05) is 11.6 Å². The molecule has 2 aromatic heterocycles. The van der Waals surface area contributed by atoms with Crippen LogP contribution in [0.25, 0.3) is 16.6 Å². The van der Waals surface area contributed by atoms with Crippen molar-refractivity contribution in [2.24, 2.45) is 0 Å². The number of nitrogens with one attached hydrogen (secondary N) is 1. The molecule has 0 saturated heterocycles. The zero-order valence-electron chi connectivity index (χ0n) is 14.3. The van der Waals surface area contributed by atoms with E-state index in [0.29, 0.717) is 11.4 Å². The van der Waals surface area contributed by atoms with Crippen LogP contribution >= 0.6 is 0 Å². The Morgan fingerprint density at radius 1 is 1.04 bits per heavy atom. The molecule has 0 aliphatic carbocycles. The van der Waals surface area contributed by atoms with E-state index in [2.05, 4.69) is 25.1 Å². The van der Waals surface area contributed by atoms with Gasteiger partial charge < -0.3 is 10.1 Å². The van der Waals surface area contributed by atoms with Crippen molar-refractivity contribution in [2.75, 3.05) is 5.32 Å². The molecule has 0 spiro atoms. The summed E-state index contributed by atoms with van der Waals surface area (Å²) in [5, 5.41) is 7.71. The molecule has 1 N–H and O–H groups in total. The number of rotatable bonds is 5. The Balaban J connectivity index is 1.53. The summed E-state index contributed by atoms with van der Waals surface area (Å²) in [5.41, 5.74) is 1.90. The van der Waals surface area contributed by atoms with Crippen LogP contribution < -0.4 is 10.1 Å². The fourth-order valence-corrected chi connectivity index (χ4v) is 2.66. The van der Waals surface area contributed by atoms with E-state index in [1.807, 2.05) is 12.1 Å². The van der Waals surface area contributed by atoms with Crippen molar-refractivity contribution in [2.45, 2.75) is 6.61 Å². The van der Waals surface area contributed by atoms with E-state index in [1.165, 1.54) is 35.3 Å². The van der Waals surface area contributed by atoms with Gasteiger partial charge in [-0.2, -0.15) is 8.78 Å². The minimum atomic E-state index is -2.89. The van der Waals surface area contributed by atoms with E-state index in [4.69, 9.17) is 0 Å². The maximum atomic E-state index is 12.5. The molecule has 2 heterocycles. The lowest BCUT2D eigenvalue weighted by Crippen LogP contribution is -2.14. The van der Waals surface area contributed by atoms with Gasteiger partial charge in [-0.15, -0.1) is 5.10 Å². The third-order valence-electron chi connectivity index (χ3n) is 3.92. The summed E-state index contributed by atoms with van der Waals surface area (Å²) >= 11 is 0. The summed E-state index contributed by atoms with van der Waals surface area (Å²) in [4.78, 5) is 20.8. The van der Waals surface area contributed by atoms with E-state index in [0.717, 1.165) is 10.9 Å². The number of nitrogens with zero attached hydrogens (tertiary/aromatic N) is 4. The molecule has 7 nitrogen and oxygen atoms in total. The molecule has 4 aromatic rings. The Kier molecular flexibility index (Phi) is 4.63. The molecule has 140 valence electrons. The third kappa shape index (κ3) is 3.63. The van der Waals surface area contributed by atoms with E-state index in [9.17, 15) is 13.6 Å². The van der Waals surface area contributed by atoms with Crippen LogP contribution in [0.3, 0.4) is 0 Å². The predicted molar refractivity (Wildman–Crippen MR) is 97.7 cm³/mol. The molecule has 0 atom stereocenters. The quantitative estimate of drug-likeness (QED) is 0.570. The van der Waals surface area contributed by atoms with Crippen LogP contribution in [0, 0.1) is 0 Å². The first-order valence-corrected chi connectivity index (χ1v) is 8.22. The average Bonchev–Trinajstić information content (AvgIpc) is 3.19. The lowest BCUT2D eigenvalue weighted by atomic mass is 10.2. The fraction of sp³-hybridized carbons (Fsp3) is 0.0526. The maximum absolute atomic E-state index is 12.5. The summed E-state index contributed by atoms with van der Waals surface area (Å²) in [7, 11) is 0. The molecule has 4 rings (SSSR count). The highest BCUT2D eigenvalue weighted by Gasteiger charge is 2.14. The van der Waals surface area contributed by atoms with E-state index >= 15 is 0 Å². The second-order valence-corrected chi connectivity index (χ2v) is 5.71. The number of fused-ring (bicyclic) bond motifs is 1. The number of carbonyl (C=O) groups is 1.